The van der Waals surface area contributed by atoms with E-state index in [2.05, 4.69) is 57.3 Å². The first-order valence-corrected chi connectivity index (χ1v) is 12.0. The number of hydrogen-bond acceptors (Lipinski definition) is 3. The number of ether oxygens (including phenoxy) is 1. The van der Waals surface area contributed by atoms with E-state index in [1.54, 1.807) is 12.0 Å². The van der Waals surface area contributed by atoms with E-state index in [-0.39, 0.29) is 11.8 Å². The molecule has 0 unspecified atom stereocenters. The maximum Gasteiger partial charge on any atom is 0.242 e. The van der Waals surface area contributed by atoms with Gasteiger partial charge in [-0.05, 0) is 53.5 Å². The lowest BCUT2D eigenvalue weighted by Gasteiger charge is -2.31. The quantitative estimate of drug-likeness (QED) is 0.473. The van der Waals surface area contributed by atoms with Crippen LogP contribution in [0.2, 0.25) is 0 Å². The van der Waals surface area contributed by atoms with Crippen LogP contribution >= 0.6 is 0 Å². The monoisotopic (exact) mass is 452 g/mol. The first-order valence-electron chi connectivity index (χ1n) is 12.0. The first kappa shape index (κ1) is 26.4. The number of rotatable bonds is 12. The van der Waals surface area contributed by atoms with Gasteiger partial charge in [0.2, 0.25) is 11.8 Å². The molecule has 0 bridgehead atoms. The maximum absolute atomic E-state index is 13.4. The summed E-state index contributed by atoms with van der Waals surface area (Å²) in [6.07, 6.45) is 1.58. The summed E-state index contributed by atoms with van der Waals surface area (Å²) in [5.41, 5.74) is 3.40. The molecule has 0 spiro atoms. The van der Waals surface area contributed by atoms with Gasteiger partial charge in [-0.2, -0.15) is 0 Å². The zero-order valence-corrected chi connectivity index (χ0v) is 21.1. The van der Waals surface area contributed by atoms with Gasteiger partial charge in [-0.25, -0.2) is 0 Å². The van der Waals surface area contributed by atoms with Gasteiger partial charge in [-0.15, -0.1) is 0 Å². The molecule has 0 saturated heterocycles. The molecule has 2 aromatic rings. The topological polar surface area (TPSA) is 58.6 Å². The second-order valence-electron chi connectivity index (χ2n) is 9.33. The molecule has 0 aliphatic carbocycles. The average Bonchev–Trinajstić information content (AvgIpc) is 2.81. The molecule has 2 aromatic carbocycles. The number of aryl methyl sites for hydroxylation is 1. The van der Waals surface area contributed by atoms with Crippen molar-refractivity contribution >= 4 is 11.8 Å². The third-order valence-electron chi connectivity index (χ3n) is 5.86. The van der Waals surface area contributed by atoms with E-state index in [9.17, 15) is 9.59 Å². The summed E-state index contributed by atoms with van der Waals surface area (Å²) in [5, 5.41) is 3.01. The Balaban J connectivity index is 2.17. The van der Waals surface area contributed by atoms with Crippen LogP contribution in [0.15, 0.2) is 48.5 Å². The highest BCUT2D eigenvalue weighted by atomic mass is 16.5. The van der Waals surface area contributed by atoms with Crippen LogP contribution in [0.1, 0.15) is 70.1 Å². The lowest BCUT2D eigenvalue weighted by molar-refractivity contribution is -0.141. The smallest absolute Gasteiger partial charge is 0.242 e. The Hall–Kier alpha value is -2.82. The predicted molar refractivity (Wildman–Crippen MR) is 134 cm³/mol. The number of carbonyl (C=O) groups is 2. The summed E-state index contributed by atoms with van der Waals surface area (Å²) in [4.78, 5) is 28.1. The number of amides is 2. The van der Waals surface area contributed by atoms with Gasteiger partial charge >= 0.3 is 0 Å². The highest BCUT2D eigenvalue weighted by molar-refractivity contribution is 5.87. The van der Waals surface area contributed by atoms with Gasteiger partial charge in [-0.3, -0.25) is 9.59 Å². The Bertz CT molecular complexity index is 873. The Morgan fingerprint density at radius 1 is 0.939 bits per heavy atom. The van der Waals surface area contributed by atoms with Gasteiger partial charge in [0.1, 0.15) is 11.8 Å². The Morgan fingerprint density at radius 2 is 1.55 bits per heavy atom. The van der Waals surface area contributed by atoms with Crippen LogP contribution in [0.4, 0.5) is 0 Å². The normalized spacial score (nSPS) is 12.0. The molecule has 2 rings (SSSR count). The van der Waals surface area contributed by atoms with Gasteiger partial charge in [0.05, 0.1) is 7.11 Å². The molecule has 0 fully saturated rings. The number of benzene rings is 2. The molecule has 0 radical (unpaired) electrons. The van der Waals surface area contributed by atoms with Gasteiger partial charge in [0, 0.05) is 19.5 Å². The number of nitrogens with one attached hydrogen (secondary N) is 1. The van der Waals surface area contributed by atoms with Gasteiger partial charge in [0.15, 0.2) is 0 Å². The molecule has 0 saturated carbocycles. The minimum Gasteiger partial charge on any atom is -0.497 e. The van der Waals surface area contributed by atoms with Crippen molar-refractivity contribution in [2.75, 3.05) is 13.7 Å². The molecule has 2 amide bonds. The summed E-state index contributed by atoms with van der Waals surface area (Å²) < 4.78 is 5.25. The van der Waals surface area contributed by atoms with Crippen LogP contribution in [0, 0.1) is 5.92 Å². The van der Waals surface area contributed by atoms with Crippen molar-refractivity contribution in [2.24, 2.45) is 5.92 Å². The van der Waals surface area contributed by atoms with Crippen molar-refractivity contribution in [1.82, 2.24) is 10.2 Å². The van der Waals surface area contributed by atoms with Crippen LogP contribution in [0.3, 0.4) is 0 Å². The van der Waals surface area contributed by atoms with Gasteiger partial charge in [-0.1, -0.05) is 71.0 Å². The molecule has 0 heterocycles. The first-order chi connectivity index (χ1) is 15.7. The second-order valence-corrected chi connectivity index (χ2v) is 9.33. The van der Waals surface area contributed by atoms with Crippen molar-refractivity contribution in [3.63, 3.8) is 0 Å². The summed E-state index contributed by atoms with van der Waals surface area (Å²) in [7, 11) is 1.63. The largest absolute Gasteiger partial charge is 0.497 e. The molecular formula is C28H40N2O3. The van der Waals surface area contributed by atoms with Crippen molar-refractivity contribution in [3.8, 4) is 5.75 Å². The van der Waals surface area contributed by atoms with Gasteiger partial charge < -0.3 is 15.0 Å². The van der Waals surface area contributed by atoms with E-state index in [1.165, 1.54) is 5.56 Å². The Labute approximate surface area is 199 Å². The molecule has 0 aliphatic heterocycles. The zero-order chi connectivity index (χ0) is 24.4. The van der Waals surface area contributed by atoms with Crippen LogP contribution < -0.4 is 10.1 Å². The Kier molecular flexibility index (Phi) is 10.4. The fourth-order valence-corrected chi connectivity index (χ4v) is 3.73. The number of methoxy groups -OCH3 is 1. The van der Waals surface area contributed by atoms with Crippen LogP contribution in [0.5, 0.6) is 5.75 Å². The molecule has 0 aliphatic rings. The molecular weight excluding hydrogens is 412 g/mol. The Morgan fingerprint density at radius 3 is 2.06 bits per heavy atom. The minimum atomic E-state index is -0.498. The van der Waals surface area contributed by atoms with E-state index < -0.39 is 6.04 Å². The molecule has 5 nitrogen and oxygen atoms in total. The van der Waals surface area contributed by atoms with Crippen molar-refractivity contribution in [1.29, 1.82) is 0 Å². The second kappa shape index (κ2) is 13.0. The van der Waals surface area contributed by atoms with E-state index in [0.29, 0.717) is 44.2 Å². The van der Waals surface area contributed by atoms with E-state index in [0.717, 1.165) is 16.9 Å². The van der Waals surface area contributed by atoms with Crippen molar-refractivity contribution < 1.29 is 14.3 Å². The zero-order valence-electron chi connectivity index (χ0n) is 21.1. The molecule has 1 N–H and O–H groups in total. The average molecular weight is 453 g/mol. The minimum absolute atomic E-state index is 0.00898. The molecule has 180 valence electrons. The van der Waals surface area contributed by atoms with E-state index >= 15 is 0 Å². The van der Waals surface area contributed by atoms with Crippen LogP contribution in [0.25, 0.3) is 0 Å². The lowest BCUT2D eigenvalue weighted by Crippen LogP contribution is -2.49. The fourth-order valence-electron chi connectivity index (χ4n) is 3.73. The summed E-state index contributed by atoms with van der Waals surface area (Å²) in [5.74, 6) is 1.50. The number of hydrogen-bond donors (Lipinski definition) is 1. The third kappa shape index (κ3) is 8.23. The standard InChI is InChI=1S/C28H40N2O3/c1-7-26(28(32)29-18-20(2)3)30(19-23-10-15-25(33-6)16-11-23)27(31)17-12-22-8-13-24(14-9-22)21(4)5/h8-11,13-16,20-21,26H,7,12,17-19H2,1-6H3,(H,29,32)/t26-/m1/s1. The third-order valence-corrected chi connectivity index (χ3v) is 5.86. The maximum atomic E-state index is 13.4. The van der Waals surface area contributed by atoms with Crippen molar-refractivity contribution in [3.05, 3.63) is 65.2 Å². The SMILES string of the molecule is CC[C@H](C(=O)NCC(C)C)N(Cc1ccc(OC)cc1)C(=O)CCc1ccc(C(C)C)cc1. The van der Waals surface area contributed by atoms with Crippen molar-refractivity contribution in [2.45, 2.75) is 72.4 Å². The van der Waals surface area contributed by atoms with Gasteiger partial charge in [0.25, 0.3) is 0 Å². The summed E-state index contributed by atoms with van der Waals surface area (Å²) >= 11 is 0. The highest BCUT2D eigenvalue weighted by Gasteiger charge is 2.28. The summed E-state index contributed by atoms with van der Waals surface area (Å²) in [6, 6.07) is 15.6. The van der Waals surface area contributed by atoms with Crippen LogP contribution in [-0.4, -0.2) is 36.4 Å². The molecule has 0 aromatic heterocycles. The predicted octanol–water partition coefficient (Wildman–Crippen LogP) is 5.33. The molecule has 33 heavy (non-hydrogen) atoms. The molecule has 1 atom stereocenters. The summed E-state index contributed by atoms with van der Waals surface area (Å²) in [6.45, 7) is 11.4. The number of nitrogens with zero attached hydrogens (tertiary/aromatic N) is 1. The van der Waals surface area contributed by atoms with E-state index in [4.69, 9.17) is 4.74 Å². The lowest BCUT2D eigenvalue weighted by atomic mass is 10.00. The highest BCUT2D eigenvalue weighted by Crippen LogP contribution is 2.19. The molecule has 5 heteroatoms. The van der Waals surface area contributed by atoms with E-state index in [1.807, 2.05) is 31.2 Å². The fraction of sp³-hybridized carbons (Fsp3) is 0.500. The number of carbonyl (C=O) groups excluding carboxylic acids is 2. The van der Waals surface area contributed by atoms with Crippen LogP contribution in [-0.2, 0) is 22.6 Å².